The predicted molar refractivity (Wildman–Crippen MR) is 51.9 cm³/mol. The summed E-state index contributed by atoms with van der Waals surface area (Å²) in [4.78, 5) is 34.4. The summed E-state index contributed by atoms with van der Waals surface area (Å²) in [7, 11) is -9.56. The number of unbranched alkanes of at least 4 members (excludes halogenated alkanes) is 1. The topological polar surface area (TPSA) is 150 Å². The van der Waals surface area contributed by atoms with Crippen molar-refractivity contribution in [2.45, 2.75) is 25.1 Å². The van der Waals surface area contributed by atoms with Gasteiger partial charge in [-0.1, -0.05) is 0 Å². The fourth-order valence-corrected chi connectivity index (χ4v) is 2.71. The van der Waals surface area contributed by atoms with Crippen molar-refractivity contribution in [2.24, 2.45) is 5.73 Å². The number of phosphoric ester groups is 1. The molecule has 6 N–H and O–H groups in total. The summed E-state index contributed by atoms with van der Waals surface area (Å²) in [5, 5.41) is 0. The van der Waals surface area contributed by atoms with Crippen LogP contribution in [-0.4, -0.2) is 32.0 Å². The van der Waals surface area contributed by atoms with Crippen LogP contribution in [0.2, 0.25) is 0 Å². The van der Waals surface area contributed by atoms with E-state index in [0.29, 0.717) is 19.4 Å². The first-order chi connectivity index (χ1) is 6.67. The van der Waals surface area contributed by atoms with Crippen molar-refractivity contribution in [1.82, 2.24) is 0 Å². The van der Waals surface area contributed by atoms with Gasteiger partial charge in [0.2, 0.25) is 0 Å². The van der Waals surface area contributed by atoms with Gasteiger partial charge in [-0.25, -0.2) is 4.57 Å². The second kappa shape index (κ2) is 6.08. The quantitative estimate of drug-likeness (QED) is 0.311. The van der Waals surface area contributed by atoms with E-state index in [9.17, 15) is 9.13 Å². The van der Waals surface area contributed by atoms with E-state index in [1.54, 1.807) is 0 Å². The molecule has 0 aliphatic heterocycles. The zero-order valence-electron chi connectivity index (χ0n) is 7.89. The lowest BCUT2D eigenvalue weighted by Gasteiger charge is -2.18. The van der Waals surface area contributed by atoms with Gasteiger partial charge in [-0.3, -0.25) is 9.09 Å². The molecule has 0 saturated heterocycles. The van der Waals surface area contributed by atoms with Crippen LogP contribution in [0, 0.1) is 0 Å². The van der Waals surface area contributed by atoms with E-state index >= 15 is 0 Å². The Bertz CT molecular complexity index is 271. The summed E-state index contributed by atoms with van der Waals surface area (Å²) in [6.07, 6.45) is 0.680. The molecule has 0 fully saturated rings. The average Bonchev–Trinajstić information content (AvgIpc) is 1.99. The van der Waals surface area contributed by atoms with Gasteiger partial charge in [0.1, 0.15) is 0 Å². The highest BCUT2D eigenvalue weighted by Crippen LogP contribution is 2.51. The monoisotopic (exact) mass is 263 g/mol. The molecule has 0 saturated carbocycles. The van der Waals surface area contributed by atoms with Gasteiger partial charge in [0.15, 0.2) is 5.85 Å². The molecule has 0 aliphatic rings. The average molecular weight is 263 g/mol. The second-order valence-electron chi connectivity index (χ2n) is 2.92. The van der Waals surface area contributed by atoms with Gasteiger partial charge in [0.25, 0.3) is 0 Å². The predicted octanol–water partition coefficient (Wildman–Crippen LogP) is -0.272. The molecular weight excluding hydrogens is 248 g/mol. The first kappa shape index (κ1) is 15.2. The Morgan fingerprint density at radius 2 is 1.67 bits per heavy atom. The van der Waals surface area contributed by atoms with Crippen LogP contribution in [0.15, 0.2) is 0 Å². The van der Waals surface area contributed by atoms with Gasteiger partial charge in [0.05, 0.1) is 0 Å². The summed E-state index contributed by atoms with van der Waals surface area (Å²) >= 11 is 0. The fourth-order valence-electron chi connectivity index (χ4n) is 0.904. The van der Waals surface area contributed by atoms with Crippen LogP contribution in [0.1, 0.15) is 19.3 Å². The molecule has 8 nitrogen and oxygen atoms in total. The van der Waals surface area contributed by atoms with Gasteiger partial charge in [-0.2, -0.15) is 0 Å². The van der Waals surface area contributed by atoms with Crippen LogP contribution in [0.3, 0.4) is 0 Å². The van der Waals surface area contributed by atoms with E-state index in [2.05, 4.69) is 4.52 Å². The van der Waals surface area contributed by atoms with Crippen molar-refractivity contribution in [3.05, 3.63) is 0 Å². The third kappa shape index (κ3) is 8.07. The number of nitrogens with two attached hydrogens (primary N) is 1. The number of phosphoric acid groups is 1. The molecule has 0 spiro atoms. The van der Waals surface area contributed by atoms with Crippen LogP contribution in [0.5, 0.6) is 0 Å². The molecule has 0 aromatic rings. The second-order valence-corrected chi connectivity index (χ2v) is 5.87. The Labute approximate surface area is 86.8 Å². The van der Waals surface area contributed by atoms with E-state index in [4.69, 9.17) is 25.3 Å². The Balaban J connectivity index is 4.34. The third-order valence-electron chi connectivity index (χ3n) is 1.54. The van der Waals surface area contributed by atoms with Crippen LogP contribution in [0.25, 0.3) is 0 Å². The molecule has 0 amide bonds. The normalized spacial score (nSPS) is 15.3. The van der Waals surface area contributed by atoms with Crippen molar-refractivity contribution >= 4 is 15.4 Å². The minimum Gasteiger partial charge on any atom is -0.330 e. The highest BCUT2D eigenvalue weighted by molar-refractivity contribution is 7.53. The minimum absolute atomic E-state index is 0.146. The minimum atomic E-state index is -4.89. The Hall–Kier alpha value is 0.220. The molecule has 0 aromatic heterocycles. The molecule has 0 heterocycles. The van der Waals surface area contributed by atoms with Crippen molar-refractivity contribution in [3.63, 3.8) is 0 Å². The number of hydrogen-bond donors (Lipinski definition) is 5. The van der Waals surface area contributed by atoms with Crippen molar-refractivity contribution in [3.8, 4) is 0 Å². The van der Waals surface area contributed by atoms with Crippen LogP contribution < -0.4 is 5.73 Å². The zero-order chi connectivity index (χ0) is 12.1. The van der Waals surface area contributed by atoms with Crippen molar-refractivity contribution in [2.75, 3.05) is 6.54 Å². The maximum atomic E-state index is 10.8. The standard InChI is InChI=1S/C5H15NO7P2/c6-4-2-1-3-5(14(7,8)9)13-15(10,11)12/h5H,1-4,6H2,(H2,7,8,9)(H2,10,11,12). The van der Waals surface area contributed by atoms with Gasteiger partial charge in [-0.05, 0) is 25.8 Å². The zero-order valence-corrected chi connectivity index (χ0v) is 9.68. The molecule has 0 aromatic carbocycles. The summed E-state index contributed by atoms with van der Waals surface area (Å²) < 4.78 is 25.2. The highest BCUT2D eigenvalue weighted by Gasteiger charge is 2.35. The molecule has 1 unspecified atom stereocenters. The Morgan fingerprint density at radius 3 is 2.00 bits per heavy atom. The van der Waals surface area contributed by atoms with Gasteiger partial charge in [-0.15, -0.1) is 0 Å². The van der Waals surface area contributed by atoms with Crippen molar-refractivity contribution in [1.29, 1.82) is 0 Å². The Morgan fingerprint density at radius 1 is 1.13 bits per heavy atom. The summed E-state index contributed by atoms with van der Waals surface area (Å²) in [6.45, 7) is 0.337. The Kier molecular flexibility index (Phi) is 6.17. The van der Waals surface area contributed by atoms with E-state index in [0.717, 1.165) is 0 Å². The van der Waals surface area contributed by atoms with E-state index < -0.39 is 21.3 Å². The van der Waals surface area contributed by atoms with Crippen LogP contribution >= 0.6 is 15.4 Å². The summed E-state index contributed by atoms with van der Waals surface area (Å²) in [5.74, 6) is -1.77. The molecule has 15 heavy (non-hydrogen) atoms. The smallest absolute Gasteiger partial charge is 0.330 e. The molecule has 0 rings (SSSR count). The maximum absolute atomic E-state index is 10.8. The molecule has 1 atom stereocenters. The highest BCUT2D eigenvalue weighted by atomic mass is 31.2. The first-order valence-corrected chi connectivity index (χ1v) is 7.37. The molecule has 0 bridgehead atoms. The van der Waals surface area contributed by atoms with Crippen LogP contribution in [-0.2, 0) is 13.7 Å². The summed E-state index contributed by atoms with van der Waals surface area (Å²) in [6, 6.07) is 0. The maximum Gasteiger partial charge on any atom is 0.470 e. The molecular formula is C5H15NO7P2. The first-order valence-electron chi connectivity index (χ1n) is 4.16. The number of hydrogen-bond acceptors (Lipinski definition) is 4. The lowest BCUT2D eigenvalue weighted by atomic mass is 10.2. The van der Waals surface area contributed by atoms with Gasteiger partial charge in [0, 0.05) is 0 Å². The lowest BCUT2D eigenvalue weighted by Crippen LogP contribution is -2.12. The fraction of sp³-hybridized carbons (Fsp3) is 1.00. The molecule has 0 radical (unpaired) electrons. The number of rotatable bonds is 7. The molecule has 92 valence electrons. The largest absolute Gasteiger partial charge is 0.470 e. The van der Waals surface area contributed by atoms with E-state index in [1.807, 2.05) is 0 Å². The van der Waals surface area contributed by atoms with Crippen LogP contribution in [0.4, 0.5) is 0 Å². The van der Waals surface area contributed by atoms with Crippen molar-refractivity contribution < 1.29 is 33.2 Å². The summed E-state index contributed by atoms with van der Waals surface area (Å²) in [5.41, 5.74) is 5.16. The molecule has 0 aliphatic carbocycles. The van der Waals surface area contributed by atoms with E-state index in [-0.39, 0.29) is 6.42 Å². The van der Waals surface area contributed by atoms with Gasteiger partial charge >= 0.3 is 15.4 Å². The molecule has 10 heteroatoms. The third-order valence-corrected chi connectivity index (χ3v) is 3.35. The van der Waals surface area contributed by atoms with E-state index in [1.165, 1.54) is 0 Å². The SMILES string of the molecule is NCCCCC(OP(=O)(O)O)P(=O)(O)O. The lowest BCUT2D eigenvalue weighted by molar-refractivity contribution is 0.147. The van der Waals surface area contributed by atoms with Gasteiger partial charge < -0.3 is 25.3 Å².